The number of fused-ring (bicyclic) bond motifs is 3. The average molecular weight is 419 g/mol. The van der Waals surface area contributed by atoms with Gasteiger partial charge in [-0.2, -0.15) is 0 Å². The maximum atomic E-state index is 12.7. The highest BCUT2D eigenvalue weighted by atomic mass is 16.5. The van der Waals surface area contributed by atoms with Crippen LogP contribution in [-0.4, -0.2) is 32.2 Å². The van der Waals surface area contributed by atoms with Gasteiger partial charge >= 0.3 is 5.97 Å². The fourth-order valence-electron chi connectivity index (χ4n) is 3.26. The van der Waals surface area contributed by atoms with Crippen LogP contribution in [0, 0.1) is 0 Å². The molecular formula is C24H21NO6. The van der Waals surface area contributed by atoms with E-state index in [1.165, 1.54) is 21.1 Å². The Bertz CT molecular complexity index is 1260. The van der Waals surface area contributed by atoms with Gasteiger partial charge in [-0.1, -0.05) is 18.2 Å². The molecule has 4 aromatic rings. The molecule has 7 heteroatoms. The molecule has 158 valence electrons. The number of ether oxygens (including phenoxy) is 3. The molecule has 0 radical (unpaired) electrons. The molecule has 1 heterocycles. The summed E-state index contributed by atoms with van der Waals surface area (Å²) in [6.45, 7) is 1.50. The first-order valence-electron chi connectivity index (χ1n) is 9.65. The van der Waals surface area contributed by atoms with Gasteiger partial charge in [0.05, 0.1) is 25.5 Å². The second-order valence-corrected chi connectivity index (χ2v) is 6.91. The van der Waals surface area contributed by atoms with Crippen LogP contribution in [0.3, 0.4) is 0 Å². The molecule has 1 aromatic heterocycles. The van der Waals surface area contributed by atoms with Crippen LogP contribution < -0.4 is 14.8 Å². The fourth-order valence-corrected chi connectivity index (χ4v) is 3.26. The zero-order valence-corrected chi connectivity index (χ0v) is 17.3. The zero-order valence-electron chi connectivity index (χ0n) is 17.3. The molecule has 1 amide bonds. The summed E-state index contributed by atoms with van der Waals surface area (Å²) in [5.74, 6) is -0.00266. The van der Waals surface area contributed by atoms with Crippen molar-refractivity contribution in [3.8, 4) is 11.5 Å². The molecule has 3 aromatic carbocycles. The van der Waals surface area contributed by atoms with Gasteiger partial charge in [-0.25, -0.2) is 4.79 Å². The van der Waals surface area contributed by atoms with E-state index in [4.69, 9.17) is 18.6 Å². The van der Waals surface area contributed by atoms with E-state index in [-0.39, 0.29) is 0 Å². The van der Waals surface area contributed by atoms with Gasteiger partial charge in [0.15, 0.2) is 6.10 Å². The minimum Gasteiger partial charge on any atom is -0.497 e. The Balaban J connectivity index is 1.52. The quantitative estimate of drug-likeness (QED) is 0.452. The number of methoxy groups -OCH3 is 2. The fraction of sp³-hybridized carbons (Fsp3) is 0.167. The first kappa shape index (κ1) is 20.3. The Morgan fingerprint density at radius 2 is 1.65 bits per heavy atom. The molecule has 1 atom stereocenters. The third kappa shape index (κ3) is 4.02. The minimum absolute atomic E-state index is 0.321. The number of esters is 1. The van der Waals surface area contributed by atoms with E-state index in [2.05, 4.69) is 5.32 Å². The normalized spacial score (nSPS) is 11.8. The molecule has 31 heavy (non-hydrogen) atoms. The van der Waals surface area contributed by atoms with Gasteiger partial charge in [-0.05, 0) is 43.3 Å². The lowest BCUT2D eigenvalue weighted by Gasteiger charge is -2.15. The van der Waals surface area contributed by atoms with Crippen LogP contribution in [0.2, 0.25) is 0 Å². The average Bonchev–Trinajstić information content (AvgIpc) is 3.15. The predicted octanol–water partition coefficient (Wildman–Crippen LogP) is 4.79. The van der Waals surface area contributed by atoms with Crippen molar-refractivity contribution < 1.29 is 28.2 Å². The Hall–Kier alpha value is -4.00. The summed E-state index contributed by atoms with van der Waals surface area (Å²) in [7, 11) is 3.06. The third-order valence-electron chi connectivity index (χ3n) is 4.94. The van der Waals surface area contributed by atoms with E-state index in [0.717, 1.165) is 16.4 Å². The number of hydrogen-bond acceptors (Lipinski definition) is 6. The van der Waals surface area contributed by atoms with Gasteiger partial charge in [0.2, 0.25) is 0 Å². The number of rotatable bonds is 6. The van der Waals surface area contributed by atoms with Crippen LogP contribution in [-0.2, 0) is 9.53 Å². The molecule has 0 aliphatic carbocycles. The largest absolute Gasteiger partial charge is 0.497 e. The molecule has 0 aliphatic heterocycles. The second-order valence-electron chi connectivity index (χ2n) is 6.91. The van der Waals surface area contributed by atoms with Crippen molar-refractivity contribution in [3.05, 3.63) is 66.2 Å². The molecule has 0 bridgehead atoms. The lowest BCUT2D eigenvalue weighted by atomic mass is 10.1. The number of anilines is 1. The topological polar surface area (TPSA) is 87.0 Å². The van der Waals surface area contributed by atoms with Gasteiger partial charge in [0.1, 0.15) is 22.7 Å². The Morgan fingerprint density at radius 1 is 0.903 bits per heavy atom. The maximum Gasteiger partial charge on any atom is 0.338 e. The molecule has 0 fully saturated rings. The number of amides is 1. The van der Waals surface area contributed by atoms with Crippen molar-refractivity contribution in [2.45, 2.75) is 13.0 Å². The van der Waals surface area contributed by atoms with Crippen LogP contribution >= 0.6 is 0 Å². The summed E-state index contributed by atoms with van der Waals surface area (Å²) >= 11 is 0. The first-order chi connectivity index (χ1) is 15.0. The van der Waals surface area contributed by atoms with E-state index < -0.39 is 18.0 Å². The van der Waals surface area contributed by atoms with Gasteiger partial charge < -0.3 is 23.9 Å². The van der Waals surface area contributed by atoms with Crippen molar-refractivity contribution in [2.24, 2.45) is 0 Å². The number of carbonyl (C=O) groups excluding carboxylic acids is 2. The summed E-state index contributed by atoms with van der Waals surface area (Å²) in [6, 6.07) is 17.6. The minimum atomic E-state index is -1.02. The van der Waals surface area contributed by atoms with E-state index in [1.54, 1.807) is 30.3 Å². The number of furan rings is 1. The summed E-state index contributed by atoms with van der Waals surface area (Å²) < 4.78 is 21.7. The van der Waals surface area contributed by atoms with E-state index in [1.807, 2.05) is 30.3 Å². The highest BCUT2D eigenvalue weighted by molar-refractivity contribution is 6.08. The van der Waals surface area contributed by atoms with E-state index >= 15 is 0 Å². The lowest BCUT2D eigenvalue weighted by Crippen LogP contribution is -2.30. The molecule has 7 nitrogen and oxygen atoms in total. The maximum absolute atomic E-state index is 12.7. The van der Waals surface area contributed by atoms with Gasteiger partial charge in [-0.3, -0.25) is 4.79 Å². The monoisotopic (exact) mass is 419 g/mol. The Kier molecular flexibility index (Phi) is 5.49. The van der Waals surface area contributed by atoms with Crippen LogP contribution in [0.5, 0.6) is 11.5 Å². The predicted molar refractivity (Wildman–Crippen MR) is 117 cm³/mol. The van der Waals surface area contributed by atoms with E-state index in [0.29, 0.717) is 28.3 Å². The molecule has 0 spiro atoms. The van der Waals surface area contributed by atoms with E-state index in [9.17, 15) is 9.59 Å². The second kappa shape index (κ2) is 8.39. The van der Waals surface area contributed by atoms with Gasteiger partial charge in [0.25, 0.3) is 5.91 Å². The van der Waals surface area contributed by atoms with Crippen molar-refractivity contribution in [1.29, 1.82) is 0 Å². The van der Waals surface area contributed by atoms with Crippen LogP contribution in [0.4, 0.5) is 5.69 Å². The standard InChI is InChI=1S/C24H21NO6/c1-14(30-24(27)15-8-10-16(28-2)11-9-15)23(26)25-19-13-21-18(12-22(19)29-3)17-6-4-5-7-20(17)31-21/h4-14H,1-3H3,(H,25,26)/t14-/m1/s1. The molecule has 1 N–H and O–H groups in total. The summed E-state index contributed by atoms with van der Waals surface area (Å²) in [4.78, 5) is 25.0. The van der Waals surface area contributed by atoms with Crippen LogP contribution in [0.15, 0.2) is 65.1 Å². The lowest BCUT2D eigenvalue weighted by molar-refractivity contribution is -0.123. The number of benzene rings is 3. The first-order valence-corrected chi connectivity index (χ1v) is 9.65. The molecule has 0 saturated carbocycles. The smallest absolute Gasteiger partial charge is 0.338 e. The number of nitrogens with one attached hydrogen (secondary N) is 1. The molecule has 4 rings (SSSR count). The summed E-state index contributed by atoms with van der Waals surface area (Å²) in [6.07, 6.45) is -1.02. The van der Waals surface area contributed by atoms with Gasteiger partial charge in [-0.15, -0.1) is 0 Å². The summed E-state index contributed by atoms with van der Waals surface area (Å²) in [5.41, 5.74) is 2.10. The zero-order chi connectivity index (χ0) is 22.0. The molecule has 0 saturated heterocycles. The number of hydrogen-bond donors (Lipinski definition) is 1. The number of carbonyl (C=O) groups is 2. The molecule has 0 aliphatic rings. The Morgan fingerprint density at radius 3 is 2.35 bits per heavy atom. The molecular weight excluding hydrogens is 398 g/mol. The van der Waals surface area contributed by atoms with Crippen molar-refractivity contribution in [2.75, 3.05) is 19.5 Å². The van der Waals surface area contributed by atoms with Crippen LogP contribution in [0.1, 0.15) is 17.3 Å². The highest BCUT2D eigenvalue weighted by Gasteiger charge is 2.21. The van der Waals surface area contributed by atoms with Crippen molar-refractivity contribution in [1.82, 2.24) is 0 Å². The van der Waals surface area contributed by atoms with Gasteiger partial charge in [0, 0.05) is 16.8 Å². The highest BCUT2D eigenvalue weighted by Crippen LogP contribution is 2.36. The SMILES string of the molecule is COc1ccc(C(=O)O[C@H](C)C(=O)Nc2cc3oc4ccccc4c3cc2OC)cc1. The van der Waals surface area contributed by atoms with Crippen molar-refractivity contribution >= 4 is 39.5 Å². The third-order valence-corrected chi connectivity index (χ3v) is 4.94. The van der Waals surface area contributed by atoms with Crippen LogP contribution in [0.25, 0.3) is 21.9 Å². The number of para-hydroxylation sites is 1. The Labute approximate surface area is 178 Å². The van der Waals surface area contributed by atoms with Crippen molar-refractivity contribution in [3.63, 3.8) is 0 Å². The molecule has 0 unspecified atom stereocenters. The summed E-state index contributed by atoms with van der Waals surface area (Å²) in [5, 5.41) is 4.58.